The SMILES string of the molecule is Cc1ccc(S(=O)(=O)N2[C@H](C(Cl)(Cl)Cl)[C@H]3C=C[C@H]2C3)cc1. The Morgan fingerprint density at radius 1 is 1.14 bits per heavy atom. The van der Waals surface area contributed by atoms with Crippen molar-refractivity contribution in [2.75, 3.05) is 0 Å². The molecule has 0 unspecified atom stereocenters. The number of hydrogen-bond donors (Lipinski definition) is 0. The predicted molar refractivity (Wildman–Crippen MR) is 85.3 cm³/mol. The molecule has 0 N–H and O–H groups in total. The van der Waals surface area contributed by atoms with E-state index >= 15 is 0 Å². The largest absolute Gasteiger partial charge is 0.244 e. The van der Waals surface area contributed by atoms with Crippen molar-refractivity contribution in [2.24, 2.45) is 5.92 Å². The van der Waals surface area contributed by atoms with E-state index in [0.717, 1.165) is 5.56 Å². The van der Waals surface area contributed by atoms with Crippen LogP contribution in [0.1, 0.15) is 12.0 Å². The molecule has 1 aliphatic heterocycles. The predicted octanol–water partition coefficient (Wildman–Crippen LogP) is 3.68. The molecule has 3 atom stereocenters. The van der Waals surface area contributed by atoms with Gasteiger partial charge in [0.1, 0.15) is 0 Å². The van der Waals surface area contributed by atoms with Crippen LogP contribution in [0.3, 0.4) is 0 Å². The summed E-state index contributed by atoms with van der Waals surface area (Å²) in [6.07, 6.45) is 4.49. The first-order valence-electron chi connectivity index (χ1n) is 6.56. The topological polar surface area (TPSA) is 37.4 Å². The van der Waals surface area contributed by atoms with Gasteiger partial charge >= 0.3 is 0 Å². The van der Waals surface area contributed by atoms with Crippen molar-refractivity contribution in [1.29, 1.82) is 0 Å². The van der Waals surface area contributed by atoms with E-state index in [4.69, 9.17) is 34.8 Å². The van der Waals surface area contributed by atoms with Gasteiger partial charge < -0.3 is 0 Å². The van der Waals surface area contributed by atoms with Crippen molar-refractivity contribution >= 4 is 44.8 Å². The maximum absolute atomic E-state index is 12.9. The van der Waals surface area contributed by atoms with E-state index in [1.807, 2.05) is 19.1 Å². The number of alkyl halides is 3. The third-order valence-electron chi connectivity index (χ3n) is 4.03. The summed E-state index contributed by atoms with van der Waals surface area (Å²) in [5.41, 5.74) is 0.995. The minimum atomic E-state index is -3.69. The van der Waals surface area contributed by atoms with Crippen molar-refractivity contribution in [1.82, 2.24) is 4.31 Å². The molecule has 1 heterocycles. The summed E-state index contributed by atoms with van der Waals surface area (Å²) in [5.74, 6) is -0.0530. The molecule has 3 rings (SSSR count). The third kappa shape index (κ3) is 2.62. The first-order valence-corrected chi connectivity index (χ1v) is 9.14. The van der Waals surface area contributed by atoms with Crippen LogP contribution in [0, 0.1) is 12.8 Å². The van der Waals surface area contributed by atoms with Gasteiger partial charge in [-0.25, -0.2) is 8.42 Å². The number of sulfonamides is 1. The monoisotopic (exact) mass is 365 g/mol. The average Bonchev–Trinajstić information content (AvgIpc) is 2.98. The van der Waals surface area contributed by atoms with Gasteiger partial charge in [-0.2, -0.15) is 4.31 Å². The fourth-order valence-corrected chi connectivity index (χ4v) is 5.90. The highest BCUT2D eigenvalue weighted by atomic mass is 35.6. The summed E-state index contributed by atoms with van der Waals surface area (Å²) in [4.78, 5) is 0.230. The van der Waals surface area contributed by atoms with E-state index in [1.54, 1.807) is 24.3 Å². The standard InChI is InChI=1S/C14H14Cl3NO2S/c1-9-2-6-12(7-3-9)21(19,20)18-11-5-4-10(8-11)13(18)14(15,16)17/h2-7,10-11,13H,8H2,1H3/t10-,11-,13-/m0/s1. The van der Waals surface area contributed by atoms with Crippen LogP contribution in [0.4, 0.5) is 0 Å². The lowest BCUT2D eigenvalue weighted by Gasteiger charge is -2.35. The van der Waals surface area contributed by atoms with Crippen molar-refractivity contribution in [3.63, 3.8) is 0 Å². The van der Waals surface area contributed by atoms with Gasteiger partial charge in [0.25, 0.3) is 0 Å². The fourth-order valence-electron chi connectivity index (χ4n) is 3.07. The van der Waals surface area contributed by atoms with E-state index in [-0.39, 0.29) is 16.9 Å². The maximum Gasteiger partial charge on any atom is 0.244 e. The van der Waals surface area contributed by atoms with Crippen molar-refractivity contribution < 1.29 is 8.42 Å². The summed E-state index contributed by atoms with van der Waals surface area (Å²) < 4.78 is 25.5. The highest BCUT2D eigenvalue weighted by molar-refractivity contribution is 7.89. The smallest absolute Gasteiger partial charge is 0.207 e. The molecule has 2 bridgehead atoms. The maximum atomic E-state index is 12.9. The Bertz CT molecular complexity index is 679. The highest BCUT2D eigenvalue weighted by Crippen LogP contribution is 2.50. The molecule has 1 aliphatic carbocycles. The Morgan fingerprint density at radius 3 is 2.33 bits per heavy atom. The number of nitrogens with zero attached hydrogens (tertiary/aromatic N) is 1. The molecule has 1 saturated heterocycles. The molecule has 1 aromatic rings. The van der Waals surface area contributed by atoms with Crippen molar-refractivity contribution in [3.8, 4) is 0 Å². The van der Waals surface area contributed by atoms with Gasteiger partial charge in [0.15, 0.2) is 0 Å². The molecule has 7 heteroatoms. The number of benzene rings is 1. The Balaban J connectivity index is 2.05. The molecule has 21 heavy (non-hydrogen) atoms. The van der Waals surface area contributed by atoms with Gasteiger partial charge in [0, 0.05) is 6.04 Å². The normalized spacial score (nSPS) is 29.2. The number of halogens is 3. The molecular weight excluding hydrogens is 353 g/mol. The van der Waals surface area contributed by atoms with Crippen molar-refractivity contribution in [3.05, 3.63) is 42.0 Å². The van der Waals surface area contributed by atoms with E-state index in [1.165, 1.54) is 4.31 Å². The van der Waals surface area contributed by atoms with E-state index in [2.05, 4.69) is 0 Å². The van der Waals surface area contributed by atoms with Crippen LogP contribution in [0.15, 0.2) is 41.3 Å². The molecule has 0 radical (unpaired) electrons. The molecule has 1 fully saturated rings. The minimum absolute atomic E-state index is 0.0530. The first-order chi connectivity index (χ1) is 9.71. The van der Waals surface area contributed by atoms with Gasteiger partial charge in [-0.1, -0.05) is 64.7 Å². The lowest BCUT2D eigenvalue weighted by Crippen LogP contribution is -2.49. The van der Waals surface area contributed by atoms with Crippen LogP contribution in [0.5, 0.6) is 0 Å². The summed E-state index contributed by atoms with van der Waals surface area (Å²) in [6, 6.07) is 5.82. The zero-order valence-electron chi connectivity index (χ0n) is 11.2. The van der Waals surface area contributed by atoms with Crippen LogP contribution in [0.2, 0.25) is 0 Å². The van der Waals surface area contributed by atoms with Gasteiger partial charge in [-0.15, -0.1) is 0 Å². The number of aryl methyl sites for hydroxylation is 1. The summed E-state index contributed by atoms with van der Waals surface area (Å²) in [6.45, 7) is 1.90. The fraction of sp³-hybridized carbons (Fsp3) is 0.429. The lowest BCUT2D eigenvalue weighted by molar-refractivity contribution is 0.327. The lowest BCUT2D eigenvalue weighted by atomic mass is 10.0. The average molecular weight is 367 g/mol. The van der Waals surface area contributed by atoms with Crippen LogP contribution >= 0.6 is 34.8 Å². The van der Waals surface area contributed by atoms with Gasteiger partial charge in [0.2, 0.25) is 13.8 Å². The first kappa shape index (κ1) is 15.6. The Labute approximate surface area is 139 Å². The van der Waals surface area contributed by atoms with Gasteiger partial charge in [-0.3, -0.25) is 0 Å². The molecule has 0 aromatic heterocycles. The second-order valence-corrected chi connectivity index (χ2v) is 9.70. The Hall–Kier alpha value is -0.260. The second kappa shape index (κ2) is 5.14. The summed E-state index contributed by atoms with van der Waals surface area (Å²) in [7, 11) is -3.69. The van der Waals surface area contributed by atoms with Gasteiger partial charge in [0.05, 0.1) is 10.9 Å². The summed E-state index contributed by atoms with van der Waals surface area (Å²) >= 11 is 18.1. The molecule has 0 saturated carbocycles. The Kier molecular flexibility index (Phi) is 3.82. The number of rotatable bonds is 2. The molecule has 1 aromatic carbocycles. The second-order valence-electron chi connectivity index (χ2n) is 5.49. The summed E-state index contributed by atoms with van der Waals surface area (Å²) in [5, 5.41) is 0. The third-order valence-corrected chi connectivity index (χ3v) is 6.62. The minimum Gasteiger partial charge on any atom is -0.207 e. The Morgan fingerprint density at radius 2 is 1.76 bits per heavy atom. The quantitative estimate of drug-likeness (QED) is 0.591. The van der Waals surface area contributed by atoms with Crippen molar-refractivity contribution in [2.45, 2.75) is 34.1 Å². The molecule has 0 amide bonds. The van der Waals surface area contributed by atoms with Gasteiger partial charge in [-0.05, 0) is 31.4 Å². The van der Waals surface area contributed by atoms with Crippen LogP contribution < -0.4 is 0 Å². The van der Waals surface area contributed by atoms with E-state index in [9.17, 15) is 8.42 Å². The molecular formula is C14H14Cl3NO2S. The molecule has 2 aliphatic rings. The zero-order valence-corrected chi connectivity index (χ0v) is 14.3. The molecule has 3 nitrogen and oxygen atoms in total. The number of hydrogen-bond acceptors (Lipinski definition) is 2. The highest BCUT2D eigenvalue weighted by Gasteiger charge is 2.56. The van der Waals surface area contributed by atoms with Crippen LogP contribution in [-0.2, 0) is 10.0 Å². The van der Waals surface area contributed by atoms with Crippen LogP contribution in [0.25, 0.3) is 0 Å². The number of fused-ring (bicyclic) bond motifs is 2. The van der Waals surface area contributed by atoms with E-state index < -0.39 is 19.9 Å². The molecule has 114 valence electrons. The van der Waals surface area contributed by atoms with Crippen LogP contribution in [-0.4, -0.2) is 28.6 Å². The van der Waals surface area contributed by atoms with E-state index in [0.29, 0.717) is 6.42 Å². The molecule has 0 spiro atoms. The zero-order chi connectivity index (χ0) is 15.4.